The molecule has 1 heterocycles. The van der Waals surface area contributed by atoms with E-state index in [1.54, 1.807) is 0 Å². The second-order valence-electron chi connectivity index (χ2n) is 6.18. The van der Waals surface area contributed by atoms with Crippen molar-refractivity contribution in [1.82, 2.24) is 9.97 Å². The lowest BCUT2D eigenvalue weighted by Gasteiger charge is -2.26. The quantitative estimate of drug-likeness (QED) is 0.743. The van der Waals surface area contributed by atoms with Gasteiger partial charge in [-0.2, -0.15) is 0 Å². The van der Waals surface area contributed by atoms with Crippen molar-refractivity contribution in [2.24, 2.45) is 5.92 Å². The molecule has 0 unspecified atom stereocenters. The molecule has 0 saturated heterocycles. The van der Waals surface area contributed by atoms with Gasteiger partial charge < -0.3 is 4.90 Å². The minimum Gasteiger partial charge on any atom is -0.366 e. The summed E-state index contributed by atoms with van der Waals surface area (Å²) in [7, 11) is 0. The van der Waals surface area contributed by atoms with Gasteiger partial charge in [-0.15, -0.1) is 11.6 Å². The van der Waals surface area contributed by atoms with Gasteiger partial charge in [0.05, 0.1) is 23.5 Å². The van der Waals surface area contributed by atoms with Crippen molar-refractivity contribution in [1.29, 1.82) is 0 Å². The lowest BCUT2D eigenvalue weighted by atomic mass is 10.2. The van der Waals surface area contributed by atoms with Crippen molar-refractivity contribution in [3.63, 3.8) is 0 Å². The zero-order valence-electron chi connectivity index (χ0n) is 11.8. The van der Waals surface area contributed by atoms with Gasteiger partial charge in [-0.05, 0) is 31.6 Å². The van der Waals surface area contributed by atoms with Crippen LogP contribution in [-0.4, -0.2) is 22.6 Å². The highest BCUT2D eigenvalue weighted by molar-refractivity contribution is 6.17. The van der Waals surface area contributed by atoms with E-state index in [-0.39, 0.29) is 0 Å². The molecule has 3 rings (SSSR count). The third-order valence-electron chi connectivity index (χ3n) is 3.96. The summed E-state index contributed by atoms with van der Waals surface area (Å²) in [4.78, 5) is 11.7. The second kappa shape index (κ2) is 5.28. The number of nitrogens with zero attached hydrogens (tertiary/aromatic N) is 3. The molecular formula is C15H22ClN3. The van der Waals surface area contributed by atoms with E-state index in [4.69, 9.17) is 11.6 Å². The molecule has 2 fully saturated rings. The summed E-state index contributed by atoms with van der Waals surface area (Å²) in [5.74, 6) is 2.62. The van der Waals surface area contributed by atoms with Crippen LogP contribution < -0.4 is 4.90 Å². The minimum absolute atomic E-state index is 0.355. The zero-order chi connectivity index (χ0) is 13.4. The average molecular weight is 280 g/mol. The molecule has 2 saturated carbocycles. The maximum Gasteiger partial charge on any atom is 0.131 e. The van der Waals surface area contributed by atoms with Crippen molar-refractivity contribution in [2.45, 2.75) is 57.4 Å². The summed E-state index contributed by atoms with van der Waals surface area (Å²) in [5, 5.41) is 0. The van der Waals surface area contributed by atoms with Crippen LogP contribution in [0.15, 0.2) is 6.20 Å². The van der Waals surface area contributed by atoms with Crippen LogP contribution in [0.25, 0.3) is 0 Å². The molecule has 0 amide bonds. The van der Waals surface area contributed by atoms with Gasteiger partial charge in [0.25, 0.3) is 0 Å². The summed E-state index contributed by atoms with van der Waals surface area (Å²) >= 11 is 6.11. The molecule has 0 radical (unpaired) electrons. The van der Waals surface area contributed by atoms with Crippen LogP contribution in [0.4, 0.5) is 5.69 Å². The highest BCUT2D eigenvalue weighted by Crippen LogP contribution is 2.38. The van der Waals surface area contributed by atoms with E-state index < -0.39 is 0 Å². The minimum atomic E-state index is 0.355. The van der Waals surface area contributed by atoms with Crippen molar-refractivity contribution < 1.29 is 0 Å². The van der Waals surface area contributed by atoms with Crippen molar-refractivity contribution in [3.8, 4) is 0 Å². The van der Waals surface area contributed by atoms with E-state index in [0.717, 1.165) is 17.4 Å². The van der Waals surface area contributed by atoms with Gasteiger partial charge in [-0.25, -0.2) is 9.97 Å². The summed E-state index contributed by atoms with van der Waals surface area (Å²) in [6, 6.07) is 0.705. The third-order valence-corrected chi connectivity index (χ3v) is 4.21. The Labute approximate surface area is 120 Å². The van der Waals surface area contributed by atoms with Crippen LogP contribution in [0.5, 0.6) is 0 Å². The number of rotatable bonds is 6. The first-order chi connectivity index (χ1) is 9.19. The molecule has 1 aromatic heterocycles. The number of halogens is 1. The van der Waals surface area contributed by atoms with Gasteiger partial charge in [0.2, 0.25) is 0 Å². The first-order valence-corrected chi connectivity index (χ1v) is 7.91. The molecule has 0 N–H and O–H groups in total. The van der Waals surface area contributed by atoms with Crippen LogP contribution in [0.1, 0.15) is 57.0 Å². The van der Waals surface area contributed by atoms with Gasteiger partial charge >= 0.3 is 0 Å². The highest BCUT2D eigenvalue weighted by atomic mass is 35.5. The fourth-order valence-electron chi connectivity index (χ4n) is 2.45. The smallest absolute Gasteiger partial charge is 0.131 e. The van der Waals surface area contributed by atoms with Crippen LogP contribution in [0.3, 0.4) is 0 Å². The van der Waals surface area contributed by atoms with Gasteiger partial charge in [0, 0.05) is 18.5 Å². The van der Waals surface area contributed by atoms with Gasteiger partial charge in [0.15, 0.2) is 0 Å². The molecule has 0 atom stereocenters. The molecule has 0 aromatic carbocycles. The number of hydrogen-bond donors (Lipinski definition) is 0. The Morgan fingerprint density at radius 3 is 2.58 bits per heavy atom. The van der Waals surface area contributed by atoms with E-state index in [1.165, 1.54) is 37.9 Å². The normalized spacial score (nSPS) is 18.9. The Kier molecular flexibility index (Phi) is 3.66. The molecule has 2 aliphatic rings. The number of anilines is 1. The van der Waals surface area contributed by atoms with Crippen molar-refractivity contribution >= 4 is 17.3 Å². The number of alkyl halides is 1. The third kappa shape index (κ3) is 3.02. The Morgan fingerprint density at radius 1 is 1.32 bits per heavy atom. The Balaban J connectivity index is 1.87. The standard InChI is InChI=1S/C15H22ClN3/c1-10(2)15-17-8-14(13(7-16)18-15)19(12-5-6-12)9-11-3-4-11/h8,10-12H,3-7,9H2,1-2H3. The largest absolute Gasteiger partial charge is 0.366 e. The summed E-state index contributed by atoms with van der Waals surface area (Å²) < 4.78 is 0. The van der Waals surface area contributed by atoms with E-state index in [0.29, 0.717) is 17.8 Å². The van der Waals surface area contributed by atoms with Crippen molar-refractivity contribution in [3.05, 3.63) is 17.7 Å². The molecule has 3 nitrogen and oxygen atoms in total. The van der Waals surface area contributed by atoms with E-state index in [2.05, 4.69) is 28.7 Å². The van der Waals surface area contributed by atoms with Crippen LogP contribution in [0.2, 0.25) is 0 Å². The molecule has 0 aliphatic heterocycles. The topological polar surface area (TPSA) is 29.0 Å². The zero-order valence-corrected chi connectivity index (χ0v) is 12.5. The van der Waals surface area contributed by atoms with Crippen LogP contribution in [0, 0.1) is 5.92 Å². The molecule has 104 valence electrons. The summed E-state index contributed by atoms with van der Waals surface area (Å²) in [5.41, 5.74) is 2.18. The van der Waals surface area contributed by atoms with E-state index in [9.17, 15) is 0 Å². The molecule has 0 spiro atoms. The Hall–Kier alpha value is -0.830. The lowest BCUT2D eigenvalue weighted by molar-refractivity contribution is 0.702. The molecule has 1 aromatic rings. The average Bonchev–Trinajstić information content (AvgIpc) is 3.27. The first-order valence-electron chi connectivity index (χ1n) is 7.37. The fraction of sp³-hybridized carbons (Fsp3) is 0.733. The summed E-state index contributed by atoms with van der Waals surface area (Å²) in [6.45, 7) is 5.41. The molecule has 19 heavy (non-hydrogen) atoms. The molecule has 2 aliphatic carbocycles. The first kappa shape index (κ1) is 13.2. The number of hydrogen-bond acceptors (Lipinski definition) is 3. The molecule has 0 bridgehead atoms. The van der Waals surface area contributed by atoms with Gasteiger partial charge in [0.1, 0.15) is 5.82 Å². The summed E-state index contributed by atoms with van der Waals surface area (Å²) in [6.07, 6.45) is 7.37. The molecule has 4 heteroatoms. The molecular weight excluding hydrogens is 258 g/mol. The van der Waals surface area contributed by atoms with Gasteiger partial charge in [-0.1, -0.05) is 13.8 Å². The van der Waals surface area contributed by atoms with Crippen LogP contribution in [-0.2, 0) is 5.88 Å². The Morgan fingerprint density at radius 2 is 2.05 bits per heavy atom. The fourth-order valence-corrected chi connectivity index (χ4v) is 2.65. The maximum absolute atomic E-state index is 6.11. The highest BCUT2D eigenvalue weighted by Gasteiger charge is 2.35. The second-order valence-corrected chi connectivity index (χ2v) is 6.44. The predicted molar refractivity (Wildman–Crippen MR) is 78.8 cm³/mol. The maximum atomic E-state index is 6.11. The Bertz CT molecular complexity index is 453. The van der Waals surface area contributed by atoms with Crippen molar-refractivity contribution in [2.75, 3.05) is 11.4 Å². The SMILES string of the molecule is CC(C)c1ncc(N(CC2CC2)C2CC2)c(CCl)n1. The monoisotopic (exact) mass is 279 g/mol. The lowest BCUT2D eigenvalue weighted by Crippen LogP contribution is -2.29. The van der Waals surface area contributed by atoms with E-state index >= 15 is 0 Å². The van der Waals surface area contributed by atoms with Gasteiger partial charge in [-0.3, -0.25) is 0 Å². The van der Waals surface area contributed by atoms with Crippen LogP contribution >= 0.6 is 11.6 Å². The van der Waals surface area contributed by atoms with E-state index in [1.807, 2.05) is 6.20 Å². The predicted octanol–water partition coefficient (Wildman–Crippen LogP) is 3.72. The number of aromatic nitrogens is 2.